The number of nitrogens with zero attached hydrogens (tertiary/aromatic N) is 2. The molecule has 4 aromatic rings. The van der Waals surface area contributed by atoms with Crippen LogP contribution in [0.1, 0.15) is 21.5 Å². The number of benzene rings is 2. The van der Waals surface area contributed by atoms with Crippen LogP contribution in [0.2, 0.25) is 0 Å². The van der Waals surface area contributed by atoms with E-state index in [0.717, 1.165) is 0 Å². The first kappa shape index (κ1) is 20.3. The van der Waals surface area contributed by atoms with Crippen LogP contribution in [0, 0.1) is 18.6 Å². The van der Waals surface area contributed by atoms with Crippen LogP contribution in [-0.2, 0) is 6.61 Å². The molecule has 0 saturated carbocycles. The first-order valence-corrected chi connectivity index (χ1v) is 9.32. The summed E-state index contributed by atoms with van der Waals surface area (Å²) in [7, 11) is 1.47. The highest BCUT2D eigenvalue weighted by Gasteiger charge is 2.20. The van der Waals surface area contributed by atoms with Crippen molar-refractivity contribution in [3.8, 4) is 11.6 Å². The molecular weight excluding hydrogens is 406 g/mol. The largest absolute Gasteiger partial charge is 0.486 e. The van der Waals surface area contributed by atoms with Crippen molar-refractivity contribution >= 4 is 22.6 Å². The molecule has 158 valence electrons. The number of methoxy groups -OCH3 is 1. The molecule has 31 heavy (non-hydrogen) atoms. The first-order valence-electron chi connectivity index (χ1n) is 9.32. The number of nitrogens with one attached hydrogen (secondary N) is 2. The van der Waals surface area contributed by atoms with Crippen LogP contribution < -0.4 is 14.8 Å². The van der Waals surface area contributed by atoms with E-state index >= 15 is 4.39 Å². The molecule has 7 nitrogen and oxygen atoms in total. The number of aromatic nitrogens is 3. The molecular formula is C22H18F2N4O3. The molecule has 2 N–H and O–H groups in total. The summed E-state index contributed by atoms with van der Waals surface area (Å²) in [6.07, 6.45) is 1.43. The molecule has 0 spiro atoms. The number of carbonyl (C=O) groups excluding carboxylic acids is 1. The minimum atomic E-state index is -0.783. The van der Waals surface area contributed by atoms with Crippen LogP contribution in [0.3, 0.4) is 0 Å². The topological polar surface area (TPSA) is 89.1 Å². The van der Waals surface area contributed by atoms with Crippen molar-refractivity contribution in [3.63, 3.8) is 0 Å². The van der Waals surface area contributed by atoms with E-state index in [-0.39, 0.29) is 23.7 Å². The second-order valence-electron chi connectivity index (χ2n) is 6.79. The Kier molecular flexibility index (Phi) is 5.48. The Bertz CT molecular complexity index is 1260. The summed E-state index contributed by atoms with van der Waals surface area (Å²) in [4.78, 5) is 17.0. The zero-order chi connectivity index (χ0) is 22.0. The molecule has 0 aliphatic carbocycles. The highest BCUT2D eigenvalue weighted by Crippen LogP contribution is 2.27. The van der Waals surface area contributed by atoms with Gasteiger partial charge in [-0.1, -0.05) is 18.2 Å². The number of halogens is 2. The van der Waals surface area contributed by atoms with Gasteiger partial charge in [-0.05, 0) is 42.3 Å². The zero-order valence-corrected chi connectivity index (χ0v) is 16.7. The van der Waals surface area contributed by atoms with Crippen LogP contribution in [0.15, 0.2) is 48.7 Å². The Morgan fingerprint density at radius 1 is 1.16 bits per heavy atom. The molecule has 0 unspecified atom stereocenters. The number of ether oxygens (including phenoxy) is 2. The van der Waals surface area contributed by atoms with Crippen LogP contribution >= 0.6 is 0 Å². The number of aromatic amines is 1. The average molecular weight is 424 g/mol. The normalized spacial score (nSPS) is 10.8. The van der Waals surface area contributed by atoms with Gasteiger partial charge in [0.1, 0.15) is 12.4 Å². The van der Waals surface area contributed by atoms with E-state index in [1.54, 1.807) is 31.2 Å². The predicted molar refractivity (Wildman–Crippen MR) is 110 cm³/mol. The lowest BCUT2D eigenvalue weighted by Gasteiger charge is -2.13. The summed E-state index contributed by atoms with van der Waals surface area (Å²) in [6.45, 7) is 1.66. The van der Waals surface area contributed by atoms with Gasteiger partial charge in [0.25, 0.3) is 5.91 Å². The summed E-state index contributed by atoms with van der Waals surface area (Å²) in [5.41, 5.74) is 1.82. The molecule has 0 radical (unpaired) electrons. The molecule has 0 aliphatic rings. The number of carbonyl (C=O) groups is 1. The molecule has 0 saturated heterocycles. The molecule has 4 rings (SSSR count). The van der Waals surface area contributed by atoms with Gasteiger partial charge in [0.05, 0.1) is 29.9 Å². The second kappa shape index (κ2) is 8.39. The van der Waals surface area contributed by atoms with Gasteiger partial charge in [-0.25, -0.2) is 13.8 Å². The lowest BCUT2D eigenvalue weighted by molar-refractivity contribution is 0.102. The van der Waals surface area contributed by atoms with Crippen molar-refractivity contribution in [2.24, 2.45) is 0 Å². The standard InChI is InChI=1S/C22H18F2N4O3/c1-12-3-8-17(31-11-13-4-6-14(23)7-5-13)19(24)18(12)21(29)26-15-9-16-20(25-10-15)27-28-22(16)30-2/h3-10H,11H2,1-2H3,(H,26,29)(H,25,27,28). The first-order chi connectivity index (χ1) is 15.0. The third-order valence-electron chi connectivity index (χ3n) is 4.68. The number of hydrogen-bond donors (Lipinski definition) is 2. The summed E-state index contributed by atoms with van der Waals surface area (Å²) >= 11 is 0. The van der Waals surface area contributed by atoms with Gasteiger partial charge in [-0.2, -0.15) is 0 Å². The van der Waals surface area contributed by atoms with E-state index in [4.69, 9.17) is 9.47 Å². The van der Waals surface area contributed by atoms with Crippen molar-refractivity contribution in [2.75, 3.05) is 12.4 Å². The van der Waals surface area contributed by atoms with Gasteiger partial charge < -0.3 is 14.8 Å². The fraction of sp³-hybridized carbons (Fsp3) is 0.136. The van der Waals surface area contributed by atoms with E-state index < -0.39 is 11.7 Å². The molecule has 1 amide bonds. The van der Waals surface area contributed by atoms with Gasteiger partial charge in [0.15, 0.2) is 17.2 Å². The van der Waals surface area contributed by atoms with Crippen LogP contribution in [-0.4, -0.2) is 28.2 Å². The Labute approximate surface area is 176 Å². The summed E-state index contributed by atoms with van der Waals surface area (Å²) in [5, 5.41) is 9.90. The maximum absolute atomic E-state index is 15.1. The van der Waals surface area contributed by atoms with Crippen molar-refractivity contribution in [2.45, 2.75) is 13.5 Å². The van der Waals surface area contributed by atoms with Crippen molar-refractivity contribution in [1.82, 2.24) is 15.2 Å². The fourth-order valence-corrected chi connectivity index (χ4v) is 3.08. The number of aryl methyl sites for hydroxylation is 1. The SMILES string of the molecule is COc1n[nH]c2ncc(NC(=O)c3c(C)ccc(OCc4ccc(F)cc4)c3F)cc12. The lowest BCUT2D eigenvalue weighted by atomic mass is 10.1. The minimum Gasteiger partial charge on any atom is -0.486 e. The summed E-state index contributed by atoms with van der Waals surface area (Å²) in [6, 6.07) is 10.4. The fourth-order valence-electron chi connectivity index (χ4n) is 3.08. The minimum absolute atomic E-state index is 0.0300. The van der Waals surface area contributed by atoms with Gasteiger partial charge >= 0.3 is 0 Å². The van der Waals surface area contributed by atoms with Crippen molar-refractivity contribution in [3.05, 3.63) is 77.0 Å². The summed E-state index contributed by atoms with van der Waals surface area (Å²) < 4.78 is 38.8. The van der Waals surface area contributed by atoms with Crippen molar-refractivity contribution < 1.29 is 23.0 Å². The van der Waals surface area contributed by atoms with Crippen LogP contribution in [0.4, 0.5) is 14.5 Å². The number of H-pyrrole nitrogens is 1. The Morgan fingerprint density at radius 2 is 1.94 bits per heavy atom. The molecule has 2 aromatic carbocycles. The molecule has 0 aliphatic heterocycles. The van der Waals surface area contributed by atoms with E-state index in [9.17, 15) is 9.18 Å². The van der Waals surface area contributed by atoms with Gasteiger partial charge in [0, 0.05) is 0 Å². The highest BCUT2D eigenvalue weighted by atomic mass is 19.1. The third kappa shape index (κ3) is 4.16. The van der Waals surface area contributed by atoms with Crippen molar-refractivity contribution in [1.29, 1.82) is 0 Å². The second-order valence-corrected chi connectivity index (χ2v) is 6.79. The summed E-state index contributed by atoms with van der Waals surface area (Å²) in [5.74, 6) is -1.55. The molecule has 9 heteroatoms. The van der Waals surface area contributed by atoms with Gasteiger partial charge in [0.2, 0.25) is 5.88 Å². The number of rotatable bonds is 6. The number of pyridine rings is 1. The van der Waals surface area contributed by atoms with Gasteiger partial charge in [-0.3, -0.25) is 9.89 Å². The predicted octanol–water partition coefficient (Wildman–Crippen LogP) is 4.38. The molecule has 0 atom stereocenters. The number of fused-ring (bicyclic) bond motifs is 1. The number of hydrogen-bond acceptors (Lipinski definition) is 5. The maximum atomic E-state index is 15.1. The number of amides is 1. The quantitative estimate of drug-likeness (QED) is 0.479. The monoisotopic (exact) mass is 424 g/mol. The van der Waals surface area contributed by atoms with Crippen LogP contribution in [0.5, 0.6) is 11.6 Å². The molecule has 0 fully saturated rings. The smallest absolute Gasteiger partial charge is 0.259 e. The molecule has 2 aromatic heterocycles. The van der Waals surface area contributed by atoms with E-state index in [1.165, 1.54) is 31.5 Å². The van der Waals surface area contributed by atoms with Gasteiger partial charge in [-0.15, -0.1) is 5.10 Å². The third-order valence-corrected chi connectivity index (χ3v) is 4.68. The Morgan fingerprint density at radius 3 is 2.68 bits per heavy atom. The Balaban J connectivity index is 1.56. The van der Waals surface area contributed by atoms with E-state index in [1.807, 2.05) is 0 Å². The molecule has 0 bridgehead atoms. The Hall–Kier alpha value is -4.01. The van der Waals surface area contributed by atoms with E-state index in [2.05, 4.69) is 20.5 Å². The van der Waals surface area contributed by atoms with E-state index in [0.29, 0.717) is 33.7 Å². The number of anilines is 1. The zero-order valence-electron chi connectivity index (χ0n) is 16.7. The maximum Gasteiger partial charge on any atom is 0.259 e. The lowest BCUT2D eigenvalue weighted by Crippen LogP contribution is -2.16. The molecule has 2 heterocycles. The average Bonchev–Trinajstić information content (AvgIpc) is 3.17. The van der Waals surface area contributed by atoms with Crippen LogP contribution in [0.25, 0.3) is 11.0 Å². The highest BCUT2D eigenvalue weighted by molar-refractivity contribution is 6.06.